The molecule has 3 aromatic carbocycles. The summed E-state index contributed by atoms with van der Waals surface area (Å²) in [5, 5.41) is 10.6. The van der Waals surface area contributed by atoms with Gasteiger partial charge in [0.25, 0.3) is 11.1 Å². The quantitative estimate of drug-likeness (QED) is 0.574. The van der Waals surface area contributed by atoms with Gasteiger partial charge in [0, 0.05) is 5.39 Å². The first-order chi connectivity index (χ1) is 14.2. The molecule has 0 unspecified atom stereocenters. The molecule has 0 aromatic heterocycles. The van der Waals surface area contributed by atoms with E-state index in [-0.39, 0.29) is 24.3 Å². The van der Waals surface area contributed by atoms with Crippen molar-refractivity contribution in [3.8, 4) is 11.8 Å². The molecule has 0 N–H and O–H groups in total. The minimum Gasteiger partial charge on any atom is -0.491 e. The molecule has 6 heteroatoms. The number of hydrogen-bond acceptors (Lipinski definition) is 5. The number of imide groups is 1. The Hall–Kier alpha value is -3.56. The molecule has 0 spiro atoms. The molecular formula is C23H16N2O3S. The maximum Gasteiger partial charge on any atom is 0.293 e. The predicted molar refractivity (Wildman–Crippen MR) is 113 cm³/mol. The van der Waals surface area contributed by atoms with Crippen LogP contribution in [0.1, 0.15) is 11.1 Å². The molecule has 142 valence electrons. The van der Waals surface area contributed by atoms with Gasteiger partial charge >= 0.3 is 0 Å². The third-order valence-corrected chi connectivity index (χ3v) is 5.44. The van der Waals surface area contributed by atoms with Crippen molar-refractivity contribution in [2.24, 2.45) is 0 Å². The van der Waals surface area contributed by atoms with Crippen molar-refractivity contribution in [2.45, 2.75) is 0 Å². The fourth-order valence-corrected chi connectivity index (χ4v) is 3.93. The van der Waals surface area contributed by atoms with Crippen LogP contribution in [0.3, 0.4) is 0 Å². The van der Waals surface area contributed by atoms with Crippen LogP contribution in [0.15, 0.2) is 71.6 Å². The summed E-state index contributed by atoms with van der Waals surface area (Å²) in [5.41, 5.74) is 1.31. The first-order valence-corrected chi connectivity index (χ1v) is 9.83. The molecule has 0 radical (unpaired) electrons. The molecule has 29 heavy (non-hydrogen) atoms. The van der Waals surface area contributed by atoms with Crippen LogP contribution in [0.25, 0.3) is 16.8 Å². The van der Waals surface area contributed by atoms with E-state index in [1.807, 2.05) is 48.5 Å². The zero-order valence-electron chi connectivity index (χ0n) is 15.4. The van der Waals surface area contributed by atoms with Crippen molar-refractivity contribution in [1.29, 1.82) is 5.26 Å². The third kappa shape index (κ3) is 4.00. The normalized spacial score (nSPS) is 15.1. The van der Waals surface area contributed by atoms with E-state index in [1.165, 1.54) is 4.90 Å². The maximum absolute atomic E-state index is 12.6. The summed E-state index contributed by atoms with van der Waals surface area (Å²) >= 11 is 0.913. The predicted octanol–water partition coefficient (Wildman–Crippen LogP) is 4.83. The van der Waals surface area contributed by atoms with Gasteiger partial charge in [-0.2, -0.15) is 5.26 Å². The zero-order chi connectivity index (χ0) is 20.2. The van der Waals surface area contributed by atoms with Crippen LogP contribution in [0, 0.1) is 11.3 Å². The van der Waals surface area contributed by atoms with E-state index in [0.717, 1.165) is 33.8 Å². The number of carbonyl (C=O) groups is 2. The first kappa shape index (κ1) is 18.8. The Labute approximate surface area is 172 Å². The van der Waals surface area contributed by atoms with Crippen molar-refractivity contribution in [3.05, 3.63) is 82.8 Å². The monoisotopic (exact) mass is 400 g/mol. The van der Waals surface area contributed by atoms with E-state index in [9.17, 15) is 9.59 Å². The molecule has 0 bridgehead atoms. The Morgan fingerprint density at radius 1 is 1.00 bits per heavy atom. The van der Waals surface area contributed by atoms with E-state index >= 15 is 0 Å². The zero-order valence-corrected chi connectivity index (χ0v) is 16.2. The van der Waals surface area contributed by atoms with Crippen molar-refractivity contribution >= 4 is 39.8 Å². The Morgan fingerprint density at radius 2 is 1.76 bits per heavy atom. The SMILES string of the molecule is N#Cc1ccc(/C=C2\SC(=O)N(CCOc3cccc4ccccc34)C2=O)cc1. The second-order valence-corrected chi connectivity index (χ2v) is 7.39. The molecule has 1 heterocycles. The second kappa shape index (κ2) is 8.21. The highest BCUT2D eigenvalue weighted by Gasteiger charge is 2.34. The smallest absolute Gasteiger partial charge is 0.293 e. The lowest BCUT2D eigenvalue weighted by molar-refractivity contribution is -0.123. The fraction of sp³-hybridized carbons (Fsp3) is 0.0870. The molecule has 0 atom stereocenters. The first-order valence-electron chi connectivity index (χ1n) is 9.02. The summed E-state index contributed by atoms with van der Waals surface area (Å²) in [4.78, 5) is 26.4. The van der Waals surface area contributed by atoms with Gasteiger partial charge in [0.1, 0.15) is 12.4 Å². The summed E-state index contributed by atoms with van der Waals surface area (Å²) in [6.07, 6.45) is 1.66. The minimum absolute atomic E-state index is 0.179. The van der Waals surface area contributed by atoms with Crippen LogP contribution in [0.2, 0.25) is 0 Å². The highest BCUT2D eigenvalue weighted by atomic mass is 32.2. The topological polar surface area (TPSA) is 70.4 Å². The number of nitrogens with zero attached hydrogens (tertiary/aromatic N) is 2. The van der Waals surface area contributed by atoms with E-state index in [0.29, 0.717) is 10.5 Å². The summed E-state index contributed by atoms with van der Waals surface area (Å²) < 4.78 is 5.85. The van der Waals surface area contributed by atoms with E-state index in [4.69, 9.17) is 10.00 Å². The number of ether oxygens (including phenoxy) is 1. The number of rotatable bonds is 5. The summed E-state index contributed by atoms with van der Waals surface area (Å²) in [6, 6.07) is 22.6. The highest BCUT2D eigenvalue weighted by molar-refractivity contribution is 8.18. The fourth-order valence-electron chi connectivity index (χ4n) is 3.07. The Balaban J connectivity index is 1.43. The van der Waals surface area contributed by atoms with E-state index < -0.39 is 0 Å². The molecule has 1 aliphatic rings. The molecule has 2 amide bonds. The van der Waals surface area contributed by atoms with Gasteiger partial charge in [-0.15, -0.1) is 0 Å². The summed E-state index contributed by atoms with van der Waals surface area (Å²) in [6.45, 7) is 0.398. The van der Waals surface area contributed by atoms with Crippen LogP contribution >= 0.6 is 11.8 Å². The average molecular weight is 400 g/mol. The van der Waals surface area contributed by atoms with Crippen LogP contribution in [-0.2, 0) is 4.79 Å². The van der Waals surface area contributed by atoms with Gasteiger partial charge in [0.15, 0.2) is 0 Å². The molecule has 1 aliphatic heterocycles. The van der Waals surface area contributed by atoms with Crippen molar-refractivity contribution in [2.75, 3.05) is 13.2 Å². The number of benzene rings is 3. The van der Waals surface area contributed by atoms with Crippen molar-refractivity contribution in [3.63, 3.8) is 0 Å². The van der Waals surface area contributed by atoms with Crippen LogP contribution in [0.4, 0.5) is 4.79 Å². The standard InChI is InChI=1S/C23H16N2O3S/c24-15-17-10-8-16(9-11-17)14-21-22(26)25(23(27)29-21)12-13-28-20-7-3-5-18-4-1-2-6-19(18)20/h1-11,14H,12-13H2/b21-14-. The molecule has 4 rings (SSSR count). The van der Waals surface area contributed by atoms with Crippen LogP contribution in [-0.4, -0.2) is 29.2 Å². The maximum atomic E-state index is 12.6. The Morgan fingerprint density at radius 3 is 2.55 bits per heavy atom. The van der Waals surface area contributed by atoms with Gasteiger partial charge < -0.3 is 4.74 Å². The highest BCUT2D eigenvalue weighted by Crippen LogP contribution is 2.32. The van der Waals surface area contributed by atoms with Gasteiger partial charge in [-0.1, -0.05) is 48.5 Å². The van der Waals surface area contributed by atoms with Gasteiger partial charge in [-0.05, 0) is 47.0 Å². The second-order valence-electron chi connectivity index (χ2n) is 6.39. The molecular weight excluding hydrogens is 384 g/mol. The number of fused-ring (bicyclic) bond motifs is 1. The summed E-state index contributed by atoms with van der Waals surface area (Å²) in [5.74, 6) is 0.397. The molecule has 0 saturated carbocycles. The van der Waals surface area contributed by atoms with Crippen LogP contribution in [0.5, 0.6) is 5.75 Å². The molecule has 0 aliphatic carbocycles. The lowest BCUT2D eigenvalue weighted by Gasteiger charge is -2.14. The lowest BCUT2D eigenvalue weighted by Crippen LogP contribution is -2.32. The van der Waals surface area contributed by atoms with Crippen molar-refractivity contribution in [1.82, 2.24) is 4.90 Å². The van der Waals surface area contributed by atoms with E-state index in [1.54, 1.807) is 30.3 Å². The number of thioether (sulfide) groups is 1. The third-order valence-electron chi connectivity index (χ3n) is 4.53. The molecule has 1 fully saturated rings. The number of carbonyl (C=O) groups excluding carboxylic acids is 2. The summed E-state index contributed by atoms with van der Waals surface area (Å²) in [7, 11) is 0. The Bertz CT molecular complexity index is 1160. The Kier molecular flexibility index (Phi) is 5.32. The molecule has 3 aromatic rings. The molecule has 1 saturated heterocycles. The van der Waals surface area contributed by atoms with Gasteiger partial charge in [-0.3, -0.25) is 14.5 Å². The van der Waals surface area contributed by atoms with E-state index in [2.05, 4.69) is 0 Å². The largest absolute Gasteiger partial charge is 0.491 e. The number of nitriles is 1. The number of hydrogen-bond donors (Lipinski definition) is 0. The van der Waals surface area contributed by atoms with Gasteiger partial charge in [0.05, 0.1) is 23.1 Å². The van der Waals surface area contributed by atoms with Crippen molar-refractivity contribution < 1.29 is 14.3 Å². The molecule has 5 nitrogen and oxygen atoms in total. The lowest BCUT2D eigenvalue weighted by atomic mass is 10.1. The van der Waals surface area contributed by atoms with Gasteiger partial charge in [-0.25, -0.2) is 0 Å². The number of amides is 2. The van der Waals surface area contributed by atoms with Gasteiger partial charge in [0.2, 0.25) is 0 Å². The van der Waals surface area contributed by atoms with Crippen LogP contribution < -0.4 is 4.74 Å². The minimum atomic E-state index is -0.328. The average Bonchev–Trinajstić information content (AvgIpc) is 3.02.